The number of carbonyl (C=O) groups is 2. The lowest BCUT2D eigenvalue weighted by Crippen LogP contribution is -2.53. The van der Waals surface area contributed by atoms with Crippen LogP contribution in [0.4, 0.5) is 4.79 Å². The quantitative estimate of drug-likeness (QED) is 0.739. The van der Waals surface area contributed by atoms with Crippen molar-refractivity contribution in [2.24, 2.45) is 0 Å². The van der Waals surface area contributed by atoms with Crippen LogP contribution in [0.15, 0.2) is 0 Å². The van der Waals surface area contributed by atoms with E-state index in [0.717, 1.165) is 0 Å². The van der Waals surface area contributed by atoms with Gasteiger partial charge in [0, 0.05) is 19.5 Å². The van der Waals surface area contributed by atoms with Crippen LogP contribution in [0.2, 0.25) is 0 Å². The Hall–Kier alpha value is -1.81. The molecule has 0 saturated heterocycles. The molecule has 2 unspecified atom stereocenters. The molecule has 138 valence electrons. The van der Waals surface area contributed by atoms with Crippen molar-refractivity contribution in [1.29, 1.82) is 5.26 Å². The molecular weight excluding hydrogens is 310 g/mol. The topological polar surface area (TPSA) is 103 Å². The summed E-state index contributed by atoms with van der Waals surface area (Å²) in [7, 11) is 1.47. The van der Waals surface area contributed by atoms with Gasteiger partial charge in [0.05, 0.1) is 18.1 Å². The summed E-state index contributed by atoms with van der Waals surface area (Å²) in [5.41, 5.74) is -1.83. The van der Waals surface area contributed by atoms with Gasteiger partial charge in [-0.05, 0) is 41.0 Å². The number of aliphatic hydroxyl groups is 1. The molecule has 24 heavy (non-hydrogen) atoms. The van der Waals surface area contributed by atoms with Gasteiger partial charge in [-0.1, -0.05) is 6.92 Å². The van der Waals surface area contributed by atoms with E-state index in [9.17, 15) is 14.7 Å². The summed E-state index contributed by atoms with van der Waals surface area (Å²) in [6.45, 7) is 10.2. The molecule has 0 saturated carbocycles. The number of ether oxygens (including phenoxy) is 1. The van der Waals surface area contributed by atoms with E-state index >= 15 is 0 Å². The molecule has 7 nitrogen and oxygen atoms in total. The highest BCUT2D eigenvalue weighted by molar-refractivity contribution is 5.86. The second-order valence-electron chi connectivity index (χ2n) is 7.60. The Kier molecular flexibility index (Phi) is 8.21. The zero-order valence-corrected chi connectivity index (χ0v) is 15.8. The third-order valence-electron chi connectivity index (χ3n) is 3.32. The Balaban J connectivity index is 5.26. The van der Waals surface area contributed by atoms with E-state index in [4.69, 9.17) is 10.00 Å². The van der Waals surface area contributed by atoms with Gasteiger partial charge in [0.2, 0.25) is 5.91 Å². The van der Waals surface area contributed by atoms with Crippen molar-refractivity contribution in [2.45, 2.75) is 84.1 Å². The highest BCUT2D eigenvalue weighted by atomic mass is 16.6. The highest BCUT2D eigenvalue weighted by Gasteiger charge is 2.34. The number of amides is 2. The molecule has 0 aliphatic heterocycles. The largest absolute Gasteiger partial charge is 0.444 e. The first-order chi connectivity index (χ1) is 10.8. The minimum absolute atomic E-state index is 0.0531. The zero-order chi connectivity index (χ0) is 19.1. The van der Waals surface area contributed by atoms with Gasteiger partial charge in [-0.25, -0.2) is 4.79 Å². The first kappa shape index (κ1) is 22.2. The summed E-state index contributed by atoms with van der Waals surface area (Å²) in [5, 5.41) is 21.7. The number of rotatable bonds is 7. The zero-order valence-electron chi connectivity index (χ0n) is 15.8. The molecule has 0 aliphatic carbocycles. The van der Waals surface area contributed by atoms with Crippen LogP contribution in [-0.2, 0) is 9.53 Å². The maximum atomic E-state index is 12.6. The molecule has 0 spiro atoms. The van der Waals surface area contributed by atoms with Crippen LogP contribution in [-0.4, -0.2) is 52.3 Å². The van der Waals surface area contributed by atoms with Gasteiger partial charge in [0.1, 0.15) is 11.6 Å². The van der Waals surface area contributed by atoms with Crippen LogP contribution in [0, 0.1) is 11.3 Å². The number of nitrogens with one attached hydrogen (secondary N) is 1. The molecule has 0 radical (unpaired) electrons. The van der Waals surface area contributed by atoms with E-state index in [2.05, 4.69) is 5.32 Å². The standard InChI is InChI=1S/C17H31N3O4/c1-8-12(9-10-18)19-14(21)13(11-17(5,6)23)20(7)15(22)24-16(2,3)4/h12-13,23H,8-9,11H2,1-7H3,(H,19,21). The van der Waals surface area contributed by atoms with Crippen LogP contribution in [0.1, 0.15) is 60.8 Å². The van der Waals surface area contributed by atoms with Crippen LogP contribution in [0.5, 0.6) is 0 Å². The molecule has 7 heteroatoms. The molecule has 2 amide bonds. The summed E-state index contributed by atoms with van der Waals surface area (Å²) in [5.74, 6) is -0.410. The lowest BCUT2D eigenvalue weighted by atomic mass is 9.97. The SMILES string of the molecule is CCC(CC#N)NC(=O)C(CC(C)(C)O)N(C)C(=O)OC(C)(C)C. The first-order valence-corrected chi connectivity index (χ1v) is 8.16. The van der Waals surface area contributed by atoms with E-state index in [1.807, 2.05) is 13.0 Å². The van der Waals surface area contributed by atoms with Crippen LogP contribution < -0.4 is 5.32 Å². The maximum Gasteiger partial charge on any atom is 0.410 e. The van der Waals surface area contributed by atoms with Crippen molar-refractivity contribution in [3.63, 3.8) is 0 Å². The summed E-state index contributed by atoms with van der Waals surface area (Å²) < 4.78 is 5.30. The second kappa shape index (κ2) is 8.88. The Bertz CT molecular complexity index is 472. The van der Waals surface area contributed by atoms with Gasteiger partial charge in [-0.15, -0.1) is 0 Å². The fourth-order valence-electron chi connectivity index (χ4n) is 2.04. The minimum Gasteiger partial charge on any atom is -0.444 e. The van der Waals surface area contributed by atoms with Crippen LogP contribution in [0.3, 0.4) is 0 Å². The van der Waals surface area contributed by atoms with Crippen molar-refractivity contribution in [3.05, 3.63) is 0 Å². The Labute approximate surface area is 145 Å². The molecular formula is C17H31N3O4. The van der Waals surface area contributed by atoms with Gasteiger partial charge < -0.3 is 15.2 Å². The molecule has 0 bridgehead atoms. The van der Waals surface area contributed by atoms with Gasteiger partial charge in [0.15, 0.2) is 0 Å². The lowest BCUT2D eigenvalue weighted by Gasteiger charge is -2.33. The predicted octanol–water partition coefficient (Wildman–Crippen LogP) is 2.19. The van der Waals surface area contributed by atoms with E-state index in [1.54, 1.807) is 34.6 Å². The molecule has 0 aromatic heterocycles. The third kappa shape index (κ3) is 8.73. The number of hydrogen-bond donors (Lipinski definition) is 2. The summed E-state index contributed by atoms with van der Waals surface area (Å²) in [4.78, 5) is 26.0. The van der Waals surface area contributed by atoms with Gasteiger partial charge in [-0.2, -0.15) is 5.26 Å². The van der Waals surface area contributed by atoms with Gasteiger partial charge in [0.25, 0.3) is 0 Å². The molecule has 2 N–H and O–H groups in total. The Morgan fingerprint density at radius 2 is 1.83 bits per heavy atom. The first-order valence-electron chi connectivity index (χ1n) is 8.16. The fourth-order valence-corrected chi connectivity index (χ4v) is 2.04. The van der Waals surface area contributed by atoms with E-state index in [-0.39, 0.29) is 18.9 Å². The van der Waals surface area contributed by atoms with Crippen LogP contribution in [0.25, 0.3) is 0 Å². The summed E-state index contributed by atoms with van der Waals surface area (Å²) in [6.07, 6.45) is 0.204. The normalized spacial score (nSPS) is 14.3. The molecule has 0 aromatic carbocycles. The third-order valence-corrected chi connectivity index (χ3v) is 3.32. The number of hydrogen-bond acceptors (Lipinski definition) is 5. The molecule has 2 atom stereocenters. The summed E-state index contributed by atoms with van der Waals surface area (Å²) >= 11 is 0. The average Bonchev–Trinajstić information content (AvgIpc) is 2.40. The molecule has 0 fully saturated rings. The minimum atomic E-state index is -1.14. The van der Waals surface area contributed by atoms with Gasteiger partial charge >= 0.3 is 6.09 Å². The second-order valence-corrected chi connectivity index (χ2v) is 7.60. The molecule has 0 heterocycles. The lowest BCUT2D eigenvalue weighted by molar-refractivity contribution is -0.128. The van der Waals surface area contributed by atoms with Crippen molar-refractivity contribution in [2.75, 3.05) is 7.05 Å². The molecule has 0 rings (SSSR count). The smallest absolute Gasteiger partial charge is 0.410 e. The fraction of sp³-hybridized carbons (Fsp3) is 0.824. The van der Waals surface area contributed by atoms with Crippen molar-refractivity contribution >= 4 is 12.0 Å². The highest BCUT2D eigenvalue weighted by Crippen LogP contribution is 2.18. The predicted molar refractivity (Wildman–Crippen MR) is 91.2 cm³/mol. The van der Waals surface area contributed by atoms with E-state index in [0.29, 0.717) is 6.42 Å². The maximum absolute atomic E-state index is 12.6. The molecule has 0 aromatic rings. The van der Waals surface area contributed by atoms with E-state index < -0.39 is 29.2 Å². The Morgan fingerprint density at radius 1 is 1.29 bits per heavy atom. The van der Waals surface area contributed by atoms with Crippen molar-refractivity contribution in [1.82, 2.24) is 10.2 Å². The van der Waals surface area contributed by atoms with Crippen molar-refractivity contribution < 1.29 is 19.4 Å². The van der Waals surface area contributed by atoms with Crippen molar-refractivity contribution in [3.8, 4) is 6.07 Å². The average molecular weight is 341 g/mol. The monoisotopic (exact) mass is 341 g/mol. The number of nitriles is 1. The molecule has 0 aliphatic rings. The number of likely N-dealkylation sites (N-methyl/N-ethyl adjacent to an activating group) is 1. The van der Waals surface area contributed by atoms with Crippen LogP contribution >= 0.6 is 0 Å². The Morgan fingerprint density at radius 3 is 2.21 bits per heavy atom. The van der Waals surface area contributed by atoms with E-state index in [1.165, 1.54) is 11.9 Å². The van der Waals surface area contributed by atoms with Gasteiger partial charge in [-0.3, -0.25) is 9.69 Å². The number of carbonyl (C=O) groups excluding carboxylic acids is 2. The number of nitrogens with zero attached hydrogens (tertiary/aromatic N) is 2. The summed E-state index contributed by atoms with van der Waals surface area (Å²) in [6, 6.07) is 0.836.